The van der Waals surface area contributed by atoms with Crippen molar-refractivity contribution in [3.63, 3.8) is 0 Å². The van der Waals surface area contributed by atoms with Crippen molar-refractivity contribution in [2.75, 3.05) is 6.54 Å². The molecule has 0 radical (unpaired) electrons. The van der Waals surface area contributed by atoms with Crippen LogP contribution in [0.1, 0.15) is 29.8 Å². The highest BCUT2D eigenvalue weighted by molar-refractivity contribution is 9.10. The van der Waals surface area contributed by atoms with Gasteiger partial charge in [0.05, 0.1) is 17.3 Å². The average Bonchev–Trinajstić information content (AvgIpc) is 2.81. The summed E-state index contributed by atoms with van der Waals surface area (Å²) in [5, 5.41) is 7.14. The predicted octanol–water partition coefficient (Wildman–Crippen LogP) is 3.90. The molecule has 3 nitrogen and oxygen atoms in total. The molecule has 0 aliphatic heterocycles. The Balaban J connectivity index is 2.58. The fourth-order valence-electron chi connectivity index (χ4n) is 2.27. The Bertz CT molecular complexity index is 622. The number of halogens is 4. The summed E-state index contributed by atoms with van der Waals surface area (Å²) in [4.78, 5) is 0. The van der Waals surface area contributed by atoms with E-state index in [2.05, 4.69) is 26.3 Å². The second-order valence-corrected chi connectivity index (χ2v) is 5.52. The Hall–Kier alpha value is -1.34. The molecule has 1 heterocycles. The van der Waals surface area contributed by atoms with Crippen LogP contribution in [-0.2, 0) is 13.2 Å². The normalized spacial score (nSPS) is 13.4. The lowest BCUT2D eigenvalue weighted by Crippen LogP contribution is -2.26. The van der Waals surface area contributed by atoms with Crippen LogP contribution >= 0.6 is 15.9 Å². The van der Waals surface area contributed by atoms with E-state index < -0.39 is 17.8 Å². The van der Waals surface area contributed by atoms with Gasteiger partial charge in [0.15, 0.2) is 0 Å². The lowest BCUT2D eigenvalue weighted by molar-refractivity contribution is -0.138. The number of aromatic nitrogens is 2. The monoisotopic (exact) mass is 361 g/mol. The molecule has 2 aromatic rings. The standard InChI is InChI=1S/C14H15BrF3N3/c1-3-19-13(12-6-7-20-21(12)2)10-5-4-9(15)8-11(10)14(16,17)18/h4-8,13,19H,3H2,1-2H3. The van der Waals surface area contributed by atoms with Gasteiger partial charge in [0.2, 0.25) is 0 Å². The van der Waals surface area contributed by atoms with Crippen molar-refractivity contribution in [2.45, 2.75) is 19.1 Å². The highest BCUT2D eigenvalue weighted by Crippen LogP contribution is 2.38. The molecule has 1 unspecified atom stereocenters. The number of hydrogen-bond donors (Lipinski definition) is 1. The molecule has 0 fully saturated rings. The van der Waals surface area contributed by atoms with Crippen molar-refractivity contribution >= 4 is 15.9 Å². The summed E-state index contributed by atoms with van der Waals surface area (Å²) in [7, 11) is 1.71. The lowest BCUT2D eigenvalue weighted by Gasteiger charge is -2.23. The third-order valence-electron chi connectivity index (χ3n) is 3.19. The Kier molecular flexibility index (Phi) is 4.73. The van der Waals surface area contributed by atoms with Gasteiger partial charge in [-0.1, -0.05) is 28.9 Å². The van der Waals surface area contributed by atoms with Crippen LogP contribution in [0.5, 0.6) is 0 Å². The van der Waals surface area contributed by atoms with E-state index in [9.17, 15) is 13.2 Å². The van der Waals surface area contributed by atoms with Gasteiger partial charge in [0, 0.05) is 17.7 Å². The van der Waals surface area contributed by atoms with Gasteiger partial charge in [-0.2, -0.15) is 18.3 Å². The smallest absolute Gasteiger partial charge is 0.305 e. The van der Waals surface area contributed by atoms with Crippen molar-refractivity contribution in [1.29, 1.82) is 0 Å². The van der Waals surface area contributed by atoms with E-state index in [-0.39, 0.29) is 5.56 Å². The average molecular weight is 362 g/mol. The van der Waals surface area contributed by atoms with Crippen LogP contribution in [0, 0.1) is 0 Å². The summed E-state index contributed by atoms with van der Waals surface area (Å²) in [6.45, 7) is 2.40. The first kappa shape index (κ1) is 16.0. The summed E-state index contributed by atoms with van der Waals surface area (Å²) in [5.41, 5.74) is 0.227. The molecule has 2 rings (SSSR count). The Morgan fingerprint density at radius 2 is 2.05 bits per heavy atom. The maximum atomic E-state index is 13.3. The Morgan fingerprint density at radius 3 is 2.57 bits per heavy atom. The molecule has 0 spiro atoms. The minimum Gasteiger partial charge on any atom is -0.305 e. The van der Waals surface area contributed by atoms with Gasteiger partial charge >= 0.3 is 6.18 Å². The maximum Gasteiger partial charge on any atom is 0.416 e. The molecule has 114 valence electrons. The first-order chi connectivity index (χ1) is 9.84. The van der Waals surface area contributed by atoms with E-state index >= 15 is 0 Å². The number of alkyl halides is 3. The van der Waals surface area contributed by atoms with E-state index in [0.29, 0.717) is 16.7 Å². The summed E-state index contributed by atoms with van der Waals surface area (Å²) in [5.74, 6) is 0. The van der Waals surface area contributed by atoms with Gasteiger partial charge in [-0.3, -0.25) is 4.68 Å². The van der Waals surface area contributed by atoms with Crippen LogP contribution in [0.15, 0.2) is 34.9 Å². The van der Waals surface area contributed by atoms with Gasteiger partial charge < -0.3 is 5.32 Å². The predicted molar refractivity (Wildman–Crippen MR) is 77.9 cm³/mol. The van der Waals surface area contributed by atoms with Crippen LogP contribution in [-0.4, -0.2) is 16.3 Å². The SMILES string of the molecule is CCNC(c1ccc(Br)cc1C(F)(F)F)c1ccnn1C. The summed E-state index contributed by atoms with van der Waals surface area (Å²) in [6.07, 6.45) is -2.84. The fourth-order valence-corrected chi connectivity index (χ4v) is 2.63. The molecule has 0 amide bonds. The van der Waals surface area contributed by atoms with E-state index in [1.165, 1.54) is 6.07 Å². The van der Waals surface area contributed by atoms with Crippen molar-refractivity contribution < 1.29 is 13.2 Å². The van der Waals surface area contributed by atoms with Gasteiger partial charge in [-0.25, -0.2) is 0 Å². The zero-order valence-electron chi connectivity index (χ0n) is 11.6. The van der Waals surface area contributed by atoms with Gasteiger partial charge in [0.1, 0.15) is 0 Å². The summed E-state index contributed by atoms with van der Waals surface area (Å²) >= 11 is 3.10. The molecule has 1 aromatic heterocycles. The number of nitrogens with zero attached hydrogens (tertiary/aromatic N) is 2. The van der Waals surface area contributed by atoms with Crippen LogP contribution < -0.4 is 5.32 Å². The summed E-state index contributed by atoms with van der Waals surface area (Å²) < 4.78 is 41.9. The molecule has 0 aliphatic carbocycles. The van der Waals surface area contributed by atoms with Crippen LogP contribution in [0.3, 0.4) is 0 Å². The highest BCUT2D eigenvalue weighted by atomic mass is 79.9. The van der Waals surface area contributed by atoms with E-state index in [1.807, 2.05) is 6.92 Å². The Labute approximate surface area is 129 Å². The van der Waals surface area contributed by atoms with E-state index in [4.69, 9.17) is 0 Å². The molecular weight excluding hydrogens is 347 g/mol. The molecule has 0 saturated carbocycles. The van der Waals surface area contributed by atoms with Crippen LogP contribution in [0.25, 0.3) is 0 Å². The van der Waals surface area contributed by atoms with Gasteiger partial charge in [0.25, 0.3) is 0 Å². The molecule has 1 N–H and O–H groups in total. The minimum atomic E-state index is -4.41. The van der Waals surface area contributed by atoms with Crippen molar-refractivity contribution in [3.8, 4) is 0 Å². The third kappa shape index (κ3) is 3.47. The number of rotatable bonds is 4. The van der Waals surface area contributed by atoms with Crippen molar-refractivity contribution in [3.05, 3.63) is 51.8 Å². The first-order valence-electron chi connectivity index (χ1n) is 6.42. The van der Waals surface area contributed by atoms with E-state index in [1.54, 1.807) is 30.1 Å². The zero-order valence-corrected chi connectivity index (χ0v) is 13.2. The maximum absolute atomic E-state index is 13.3. The van der Waals surface area contributed by atoms with Crippen molar-refractivity contribution in [1.82, 2.24) is 15.1 Å². The van der Waals surface area contributed by atoms with Crippen LogP contribution in [0.4, 0.5) is 13.2 Å². The van der Waals surface area contributed by atoms with E-state index in [0.717, 1.165) is 6.07 Å². The number of benzene rings is 1. The largest absolute Gasteiger partial charge is 0.416 e. The summed E-state index contributed by atoms with van der Waals surface area (Å²) in [6, 6.07) is 5.37. The lowest BCUT2D eigenvalue weighted by atomic mass is 9.97. The van der Waals surface area contributed by atoms with Crippen molar-refractivity contribution in [2.24, 2.45) is 7.05 Å². The fraction of sp³-hybridized carbons (Fsp3) is 0.357. The number of nitrogens with one attached hydrogen (secondary N) is 1. The van der Waals surface area contributed by atoms with Gasteiger partial charge in [-0.05, 0) is 30.3 Å². The first-order valence-corrected chi connectivity index (χ1v) is 7.21. The topological polar surface area (TPSA) is 29.9 Å². The minimum absolute atomic E-state index is 0.191. The second-order valence-electron chi connectivity index (χ2n) is 4.60. The molecule has 21 heavy (non-hydrogen) atoms. The second kappa shape index (κ2) is 6.19. The van der Waals surface area contributed by atoms with Gasteiger partial charge in [-0.15, -0.1) is 0 Å². The molecule has 0 saturated heterocycles. The molecule has 0 aliphatic rings. The molecular formula is C14H15BrF3N3. The molecule has 0 bridgehead atoms. The molecule has 1 aromatic carbocycles. The zero-order chi connectivity index (χ0) is 15.6. The number of hydrogen-bond acceptors (Lipinski definition) is 2. The van der Waals surface area contributed by atoms with Crippen LogP contribution in [0.2, 0.25) is 0 Å². The quantitative estimate of drug-likeness (QED) is 0.894. The third-order valence-corrected chi connectivity index (χ3v) is 3.69. The molecule has 7 heteroatoms. The Morgan fingerprint density at radius 1 is 1.33 bits per heavy atom. The molecule has 1 atom stereocenters. The highest BCUT2D eigenvalue weighted by Gasteiger charge is 2.36. The number of aryl methyl sites for hydroxylation is 1.